The topological polar surface area (TPSA) is 54.9 Å². The summed E-state index contributed by atoms with van der Waals surface area (Å²) in [4.78, 5) is 11.8. The van der Waals surface area contributed by atoms with E-state index in [0.29, 0.717) is 0 Å². The molecule has 1 heterocycles. The average molecular weight is 268 g/mol. The number of carbonyl (C=O) groups excluding carboxylic acids is 1. The Bertz CT molecular complexity index is 568. The fourth-order valence-electron chi connectivity index (χ4n) is 1.36. The van der Waals surface area contributed by atoms with Gasteiger partial charge < -0.3 is 5.32 Å². The van der Waals surface area contributed by atoms with E-state index in [2.05, 4.69) is 15.5 Å². The van der Waals surface area contributed by atoms with Gasteiger partial charge in [0.15, 0.2) is 0 Å². The Morgan fingerprint density at radius 2 is 2.12 bits per heavy atom. The Morgan fingerprint density at radius 3 is 2.76 bits per heavy atom. The van der Waals surface area contributed by atoms with E-state index in [4.69, 9.17) is 11.6 Å². The van der Waals surface area contributed by atoms with Gasteiger partial charge in [-0.05, 0) is 42.6 Å². The number of aromatic nitrogens is 2. The fraction of sp³-hybridized carbons (Fsp3) is 0.182. The molecule has 0 saturated carbocycles. The number of benzene rings is 1. The van der Waals surface area contributed by atoms with Crippen molar-refractivity contribution in [1.82, 2.24) is 10.2 Å². The standard InChI is InChI=1S/C11H10ClN3OS/c1-6-4-3-5-8(7(6)2)13-9(16)10-14-15-11(12)17-10/h3-5H,1-2H3,(H,13,16). The van der Waals surface area contributed by atoms with Crippen molar-refractivity contribution >= 4 is 34.5 Å². The van der Waals surface area contributed by atoms with Crippen LogP contribution in [0.4, 0.5) is 5.69 Å². The van der Waals surface area contributed by atoms with Crippen LogP contribution in [0.15, 0.2) is 18.2 Å². The van der Waals surface area contributed by atoms with Gasteiger partial charge in [-0.2, -0.15) is 0 Å². The molecule has 1 aromatic heterocycles. The van der Waals surface area contributed by atoms with E-state index < -0.39 is 0 Å². The molecule has 17 heavy (non-hydrogen) atoms. The zero-order valence-corrected chi connectivity index (χ0v) is 10.9. The molecule has 0 spiro atoms. The lowest BCUT2D eigenvalue weighted by Gasteiger charge is -2.08. The minimum Gasteiger partial charge on any atom is -0.320 e. The van der Waals surface area contributed by atoms with Crippen LogP contribution in [-0.2, 0) is 0 Å². The van der Waals surface area contributed by atoms with Gasteiger partial charge in [0.2, 0.25) is 9.47 Å². The van der Waals surface area contributed by atoms with Crippen LogP contribution < -0.4 is 5.32 Å². The molecule has 0 aliphatic carbocycles. The summed E-state index contributed by atoms with van der Waals surface area (Å²) in [6, 6.07) is 5.74. The molecule has 1 amide bonds. The first kappa shape index (κ1) is 12.0. The quantitative estimate of drug-likeness (QED) is 0.910. The number of hydrogen-bond acceptors (Lipinski definition) is 4. The molecule has 0 atom stereocenters. The van der Waals surface area contributed by atoms with Crippen LogP contribution in [0.5, 0.6) is 0 Å². The summed E-state index contributed by atoms with van der Waals surface area (Å²) in [6.45, 7) is 3.95. The second-order valence-electron chi connectivity index (χ2n) is 3.56. The molecule has 0 aliphatic heterocycles. The highest BCUT2D eigenvalue weighted by Crippen LogP contribution is 2.20. The molecule has 2 rings (SSSR count). The summed E-state index contributed by atoms with van der Waals surface area (Å²) >= 11 is 6.69. The molecule has 1 aromatic carbocycles. The van der Waals surface area contributed by atoms with E-state index in [1.165, 1.54) is 0 Å². The predicted molar refractivity (Wildman–Crippen MR) is 68.8 cm³/mol. The molecule has 0 saturated heterocycles. The van der Waals surface area contributed by atoms with Crippen molar-refractivity contribution in [2.24, 2.45) is 0 Å². The van der Waals surface area contributed by atoms with Crippen molar-refractivity contribution in [2.45, 2.75) is 13.8 Å². The van der Waals surface area contributed by atoms with Crippen LogP contribution in [0.25, 0.3) is 0 Å². The molecule has 0 fully saturated rings. The number of nitrogens with one attached hydrogen (secondary N) is 1. The van der Waals surface area contributed by atoms with E-state index in [1.54, 1.807) is 0 Å². The normalized spacial score (nSPS) is 10.3. The number of halogens is 1. The maximum absolute atomic E-state index is 11.8. The van der Waals surface area contributed by atoms with E-state index in [1.807, 2.05) is 32.0 Å². The zero-order chi connectivity index (χ0) is 12.4. The number of aryl methyl sites for hydroxylation is 1. The van der Waals surface area contributed by atoms with Crippen LogP contribution >= 0.6 is 22.9 Å². The Morgan fingerprint density at radius 1 is 1.35 bits per heavy atom. The van der Waals surface area contributed by atoms with E-state index >= 15 is 0 Å². The van der Waals surface area contributed by atoms with Crippen LogP contribution in [0.2, 0.25) is 4.47 Å². The number of rotatable bonds is 2. The maximum Gasteiger partial charge on any atom is 0.286 e. The van der Waals surface area contributed by atoms with Crippen molar-refractivity contribution in [3.8, 4) is 0 Å². The zero-order valence-electron chi connectivity index (χ0n) is 9.32. The molecule has 0 aliphatic rings. The number of nitrogens with zero attached hydrogens (tertiary/aromatic N) is 2. The van der Waals surface area contributed by atoms with Gasteiger partial charge in [-0.3, -0.25) is 4.79 Å². The van der Waals surface area contributed by atoms with Gasteiger partial charge >= 0.3 is 0 Å². The van der Waals surface area contributed by atoms with Gasteiger partial charge in [0.25, 0.3) is 5.91 Å². The first-order valence-corrected chi connectivity index (χ1v) is 6.14. The third-order valence-corrected chi connectivity index (χ3v) is 3.46. The van der Waals surface area contributed by atoms with Crippen LogP contribution in [-0.4, -0.2) is 16.1 Å². The van der Waals surface area contributed by atoms with Crippen LogP contribution in [0.3, 0.4) is 0 Å². The molecule has 0 radical (unpaired) electrons. The third-order valence-electron chi connectivity index (χ3n) is 2.45. The second kappa shape index (κ2) is 4.81. The minimum absolute atomic E-state index is 0.260. The molecule has 0 bridgehead atoms. The first-order chi connectivity index (χ1) is 8.08. The van der Waals surface area contributed by atoms with E-state index in [9.17, 15) is 4.79 Å². The molecular formula is C11H10ClN3OS. The molecular weight excluding hydrogens is 258 g/mol. The van der Waals surface area contributed by atoms with Crippen molar-refractivity contribution in [1.29, 1.82) is 0 Å². The number of carbonyl (C=O) groups is 1. The van der Waals surface area contributed by atoms with Crippen LogP contribution in [0.1, 0.15) is 20.9 Å². The highest BCUT2D eigenvalue weighted by atomic mass is 35.5. The maximum atomic E-state index is 11.8. The molecule has 2 aromatic rings. The summed E-state index contributed by atoms with van der Waals surface area (Å²) in [6.07, 6.45) is 0. The van der Waals surface area contributed by atoms with E-state index in [-0.39, 0.29) is 15.4 Å². The fourth-order valence-corrected chi connectivity index (χ4v) is 2.08. The lowest BCUT2D eigenvalue weighted by molar-refractivity contribution is 0.102. The van der Waals surface area contributed by atoms with Gasteiger partial charge in [-0.1, -0.05) is 23.5 Å². The minimum atomic E-state index is -0.289. The smallest absolute Gasteiger partial charge is 0.286 e. The largest absolute Gasteiger partial charge is 0.320 e. The molecule has 1 N–H and O–H groups in total. The molecule has 4 nitrogen and oxygen atoms in total. The number of amides is 1. The monoisotopic (exact) mass is 267 g/mol. The molecule has 0 unspecified atom stereocenters. The molecule has 88 valence electrons. The average Bonchev–Trinajstić information content (AvgIpc) is 2.72. The Hall–Kier alpha value is -1.46. The van der Waals surface area contributed by atoms with Crippen molar-refractivity contribution in [3.63, 3.8) is 0 Å². The van der Waals surface area contributed by atoms with Crippen molar-refractivity contribution in [2.75, 3.05) is 5.32 Å². The first-order valence-electron chi connectivity index (χ1n) is 4.94. The highest BCUT2D eigenvalue weighted by molar-refractivity contribution is 7.17. The lowest BCUT2D eigenvalue weighted by Crippen LogP contribution is -2.12. The lowest BCUT2D eigenvalue weighted by atomic mass is 10.1. The van der Waals surface area contributed by atoms with Gasteiger partial charge in [0, 0.05) is 5.69 Å². The Labute approximate surface area is 108 Å². The SMILES string of the molecule is Cc1cccc(NC(=O)c2nnc(Cl)s2)c1C. The van der Waals surface area contributed by atoms with Gasteiger partial charge in [-0.25, -0.2) is 0 Å². The summed E-state index contributed by atoms with van der Waals surface area (Å²) in [5, 5.41) is 10.3. The van der Waals surface area contributed by atoms with Crippen molar-refractivity contribution < 1.29 is 4.79 Å². The van der Waals surface area contributed by atoms with Gasteiger partial charge in [0.05, 0.1) is 0 Å². The van der Waals surface area contributed by atoms with Crippen molar-refractivity contribution in [3.05, 3.63) is 38.8 Å². The Kier molecular flexibility index (Phi) is 3.40. The van der Waals surface area contributed by atoms with E-state index in [0.717, 1.165) is 28.2 Å². The summed E-state index contributed by atoms with van der Waals surface area (Å²) in [5.41, 5.74) is 2.94. The molecule has 6 heteroatoms. The number of anilines is 1. The second-order valence-corrected chi connectivity index (χ2v) is 5.12. The highest BCUT2D eigenvalue weighted by Gasteiger charge is 2.13. The Balaban J connectivity index is 2.21. The van der Waals surface area contributed by atoms with Gasteiger partial charge in [0.1, 0.15) is 0 Å². The van der Waals surface area contributed by atoms with Gasteiger partial charge in [-0.15, -0.1) is 10.2 Å². The van der Waals surface area contributed by atoms with Crippen LogP contribution in [0, 0.1) is 13.8 Å². The summed E-state index contributed by atoms with van der Waals surface area (Å²) in [5.74, 6) is -0.289. The summed E-state index contributed by atoms with van der Waals surface area (Å²) in [7, 11) is 0. The predicted octanol–water partition coefficient (Wildman–Crippen LogP) is 3.06. The number of hydrogen-bond donors (Lipinski definition) is 1. The third kappa shape index (κ3) is 2.62. The summed E-state index contributed by atoms with van der Waals surface area (Å²) < 4.78 is 0.260.